The summed E-state index contributed by atoms with van der Waals surface area (Å²) < 4.78 is 0. The van der Waals surface area contributed by atoms with Crippen LogP contribution in [-0.4, -0.2) is 36.6 Å². The van der Waals surface area contributed by atoms with Crippen LogP contribution in [0.5, 0.6) is 0 Å². The minimum Gasteiger partial charge on any atom is -0.310 e. The van der Waals surface area contributed by atoms with E-state index in [4.69, 9.17) is 0 Å². The molecule has 1 saturated heterocycles. The lowest BCUT2D eigenvalue weighted by molar-refractivity contribution is 0.136. The minimum atomic E-state index is 0.408. The summed E-state index contributed by atoms with van der Waals surface area (Å²) in [5.41, 5.74) is 1.03. The average Bonchev–Trinajstić information content (AvgIpc) is 3.10. The van der Waals surface area contributed by atoms with Crippen molar-refractivity contribution in [3.8, 4) is 0 Å². The predicted octanol–water partition coefficient (Wildman–Crippen LogP) is 3.03. The fourth-order valence-corrected chi connectivity index (χ4v) is 4.33. The van der Waals surface area contributed by atoms with Gasteiger partial charge in [-0.1, -0.05) is 19.8 Å². The molecule has 0 spiro atoms. The molecule has 3 aliphatic rings. The summed E-state index contributed by atoms with van der Waals surface area (Å²) in [6.07, 6.45) is 10.1. The van der Waals surface area contributed by atoms with Crippen LogP contribution in [0.4, 0.5) is 0 Å². The standard InChI is InChI=1S/C16H30N2/c1-15(8-3-4-9-15)12-18-11-5-10-17-16(2,13-18)14-6-7-14/h14,17H,3-13H2,1-2H3. The molecular weight excluding hydrogens is 220 g/mol. The van der Waals surface area contributed by atoms with Gasteiger partial charge < -0.3 is 10.2 Å². The summed E-state index contributed by atoms with van der Waals surface area (Å²) in [7, 11) is 0. The molecule has 2 aliphatic carbocycles. The summed E-state index contributed by atoms with van der Waals surface area (Å²) in [6, 6.07) is 0. The van der Waals surface area contributed by atoms with E-state index in [-0.39, 0.29) is 0 Å². The van der Waals surface area contributed by atoms with Crippen LogP contribution in [-0.2, 0) is 0 Å². The molecular formula is C16H30N2. The fraction of sp³-hybridized carbons (Fsp3) is 1.00. The summed E-state index contributed by atoms with van der Waals surface area (Å²) in [6.45, 7) is 10.2. The molecule has 0 aromatic carbocycles. The minimum absolute atomic E-state index is 0.408. The van der Waals surface area contributed by atoms with E-state index in [9.17, 15) is 0 Å². The van der Waals surface area contributed by atoms with Crippen molar-refractivity contribution >= 4 is 0 Å². The molecule has 2 nitrogen and oxygen atoms in total. The van der Waals surface area contributed by atoms with Gasteiger partial charge in [-0.05, 0) is 63.5 Å². The second-order valence-electron chi connectivity index (χ2n) is 7.70. The van der Waals surface area contributed by atoms with E-state index in [2.05, 4.69) is 24.1 Å². The Morgan fingerprint density at radius 3 is 2.50 bits per heavy atom. The van der Waals surface area contributed by atoms with E-state index >= 15 is 0 Å². The Bertz CT molecular complexity index is 291. The Hall–Kier alpha value is -0.0800. The normalized spacial score (nSPS) is 37.7. The van der Waals surface area contributed by atoms with Crippen LogP contribution in [0.1, 0.15) is 58.8 Å². The Balaban J connectivity index is 1.63. The molecule has 0 radical (unpaired) electrons. The van der Waals surface area contributed by atoms with Crippen LogP contribution in [0.2, 0.25) is 0 Å². The highest BCUT2D eigenvalue weighted by atomic mass is 15.2. The van der Waals surface area contributed by atoms with Gasteiger partial charge in [0.25, 0.3) is 0 Å². The molecule has 1 heterocycles. The van der Waals surface area contributed by atoms with Crippen LogP contribution >= 0.6 is 0 Å². The maximum Gasteiger partial charge on any atom is 0.0308 e. The van der Waals surface area contributed by atoms with Gasteiger partial charge in [-0.2, -0.15) is 0 Å². The van der Waals surface area contributed by atoms with E-state index in [0.717, 1.165) is 5.92 Å². The molecule has 2 heteroatoms. The molecule has 1 unspecified atom stereocenters. The molecule has 1 atom stereocenters. The smallest absolute Gasteiger partial charge is 0.0308 e. The molecule has 1 aliphatic heterocycles. The lowest BCUT2D eigenvalue weighted by atomic mass is 9.87. The third-order valence-electron chi connectivity index (χ3n) is 5.63. The van der Waals surface area contributed by atoms with Gasteiger partial charge in [0.2, 0.25) is 0 Å². The monoisotopic (exact) mass is 250 g/mol. The summed E-state index contributed by atoms with van der Waals surface area (Å²) in [5.74, 6) is 0.953. The molecule has 104 valence electrons. The average molecular weight is 250 g/mol. The van der Waals surface area contributed by atoms with E-state index in [0.29, 0.717) is 11.0 Å². The van der Waals surface area contributed by atoms with E-state index < -0.39 is 0 Å². The van der Waals surface area contributed by atoms with Gasteiger partial charge in [0.15, 0.2) is 0 Å². The molecule has 0 amide bonds. The second-order valence-corrected chi connectivity index (χ2v) is 7.70. The number of nitrogens with zero attached hydrogens (tertiary/aromatic N) is 1. The van der Waals surface area contributed by atoms with Gasteiger partial charge >= 0.3 is 0 Å². The number of hydrogen-bond donors (Lipinski definition) is 1. The van der Waals surface area contributed by atoms with Crippen LogP contribution in [0.3, 0.4) is 0 Å². The van der Waals surface area contributed by atoms with Gasteiger partial charge in [-0.3, -0.25) is 0 Å². The molecule has 0 bridgehead atoms. The first kappa shape index (κ1) is 12.9. The quantitative estimate of drug-likeness (QED) is 0.828. The highest BCUT2D eigenvalue weighted by molar-refractivity contribution is 5.01. The predicted molar refractivity (Wildman–Crippen MR) is 76.8 cm³/mol. The van der Waals surface area contributed by atoms with Crippen molar-refractivity contribution in [1.82, 2.24) is 10.2 Å². The largest absolute Gasteiger partial charge is 0.310 e. The van der Waals surface area contributed by atoms with Crippen molar-refractivity contribution in [1.29, 1.82) is 0 Å². The molecule has 1 N–H and O–H groups in total. The first-order chi connectivity index (χ1) is 8.60. The third kappa shape index (κ3) is 2.75. The van der Waals surface area contributed by atoms with Gasteiger partial charge in [0.05, 0.1) is 0 Å². The zero-order chi connectivity index (χ0) is 12.6. The summed E-state index contributed by atoms with van der Waals surface area (Å²) in [5, 5.41) is 3.85. The van der Waals surface area contributed by atoms with E-state index in [1.807, 2.05) is 0 Å². The highest BCUT2D eigenvalue weighted by Gasteiger charge is 2.43. The van der Waals surface area contributed by atoms with Crippen molar-refractivity contribution in [2.45, 2.75) is 64.3 Å². The first-order valence-corrected chi connectivity index (χ1v) is 8.07. The van der Waals surface area contributed by atoms with Crippen LogP contribution in [0, 0.1) is 11.3 Å². The van der Waals surface area contributed by atoms with Crippen LogP contribution in [0.25, 0.3) is 0 Å². The Labute approximate surface area is 113 Å². The van der Waals surface area contributed by atoms with E-state index in [1.165, 1.54) is 71.1 Å². The molecule has 3 fully saturated rings. The number of rotatable bonds is 3. The number of nitrogens with one attached hydrogen (secondary N) is 1. The highest BCUT2D eigenvalue weighted by Crippen LogP contribution is 2.42. The molecule has 3 rings (SSSR count). The van der Waals surface area contributed by atoms with Crippen molar-refractivity contribution in [2.75, 3.05) is 26.2 Å². The van der Waals surface area contributed by atoms with Gasteiger partial charge in [0.1, 0.15) is 0 Å². The maximum absolute atomic E-state index is 3.85. The fourth-order valence-electron chi connectivity index (χ4n) is 4.33. The number of hydrogen-bond acceptors (Lipinski definition) is 2. The molecule has 2 saturated carbocycles. The van der Waals surface area contributed by atoms with Gasteiger partial charge in [-0.15, -0.1) is 0 Å². The van der Waals surface area contributed by atoms with Crippen molar-refractivity contribution in [3.05, 3.63) is 0 Å². The zero-order valence-electron chi connectivity index (χ0n) is 12.3. The zero-order valence-corrected chi connectivity index (χ0v) is 12.3. The Morgan fingerprint density at radius 2 is 1.83 bits per heavy atom. The topological polar surface area (TPSA) is 15.3 Å². The Morgan fingerprint density at radius 1 is 1.11 bits per heavy atom. The van der Waals surface area contributed by atoms with Gasteiger partial charge in [0, 0.05) is 18.6 Å². The Kier molecular flexibility index (Phi) is 3.44. The lowest BCUT2D eigenvalue weighted by Gasteiger charge is -2.37. The lowest BCUT2D eigenvalue weighted by Crippen LogP contribution is -2.52. The molecule has 0 aromatic heterocycles. The maximum atomic E-state index is 3.85. The SMILES string of the molecule is CC1(CN2CCCNC(C)(C3CC3)C2)CCCC1. The first-order valence-electron chi connectivity index (χ1n) is 8.07. The van der Waals surface area contributed by atoms with Crippen molar-refractivity contribution in [2.24, 2.45) is 11.3 Å². The van der Waals surface area contributed by atoms with Gasteiger partial charge in [-0.25, -0.2) is 0 Å². The summed E-state index contributed by atoms with van der Waals surface area (Å²) in [4.78, 5) is 2.78. The van der Waals surface area contributed by atoms with Crippen molar-refractivity contribution in [3.63, 3.8) is 0 Å². The van der Waals surface area contributed by atoms with Crippen LogP contribution < -0.4 is 5.32 Å². The van der Waals surface area contributed by atoms with Crippen molar-refractivity contribution < 1.29 is 0 Å². The summed E-state index contributed by atoms with van der Waals surface area (Å²) >= 11 is 0. The second kappa shape index (κ2) is 4.79. The third-order valence-corrected chi connectivity index (χ3v) is 5.63. The molecule has 18 heavy (non-hydrogen) atoms. The van der Waals surface area contributed by atoms with E-state index in [1.54, 1.807) is 0 Å². The van der Waals surface area contributed by atoms with Crippen LogP contribution in [0.15, 0.2) is 0 Å². The molecule has 0 aromatic rings.